The summed E-state index contributed by atoms with van der Waals surface area (Å²) >= 11 is 16.4. The van der Waals surface area contributed by atoms with Crippen LogP contribution in [-0.4, -0.2) is 53.4 Å². The zero-order chi connectivity index (χ0) is 26.6. The number of aromatic nitrogens is 3. The number of carbonyl (C=O) groups is 1. The molecule has 1 fully saturated rings. The van der Waals surface area contributed by atoms with E-state index in [-0.39, 0.29) is 42.0 Å². The fourth-order valence-electron chi connectivity index (χ4n) is 4.98. The largest absolute Gasteiger partial charge is 1.00 e. The van der Waals surface area contributed by atoms with Crippen LogP contribution in [0.5, 0.6) is 0 Å². The number of anilines is 3. The van der Waals surface area contributed by atoms with Crippen LogP contribution in [0.2, 0.25) is 5.02 Å². The van der Waals surface area contributed by atoms with Gasteiger partial charge in [-0.1, -0.05) is 17.7 Å². The van der Waals surface area contributed by atoms with Crippen LogP contribution >= 0.6 is 36.0 Å². The number of carbonyl (C=O) groups excluding carboxylic acids is 1. The van der Waals surface area contributed by atoms with Gasteiger partial charge in [-0.25, -0.2) is 0 Å². The number of aromatic amines is 2. The molecule has 9 nitrogen and oxygen atoms in total. The van der Waals surface area contributed by atoms with Crippen LogP contribution in [0.15, 0.2) is 36.4 Å². The van der Waals surface area contributed by atoms with Crippen LogP contribution < -0.4 is 49.8 Å². The smallest absolute Gasteiger partial charge is 0.550 e. The van der Waals surface area contributed by atoms with Crippen molar-refractivity contribution < 1.29 is 44.2 Å². The van der Waals surface area contributed by atoms with Gasteiger partial charge in [-0.3, -0.25) is 4.48 Å². The summed E-state index contributed by atoms with van der Waals surface area (Å²) < 4.78 is 7.16. The quantitative estimate of drug-likeness (QED) is 0.0633. The molecule has 0 saturated carbocycles. The first kappa shape index (κ1) is 30.7. The molecule has 0 bridgehead atoms. The fraction of sp³-hybridized carbons (Fsp3) is 0.360. The van der Waals surface area contributed by atoms with Crippen molar-refractivity contribution in [2.75, 3.05) is 37.1 Å². The number of quaternary nitrogens is 1. The summed E-state index contributed by atoms with van der Waals surface area (Å²) in [5.74, 6) is -0.558. The summed E-state index contributed by atoms with van der Waals surface area (Å²) in [6.45, 7) is 6.50. The standard InChI is InChI=1S/C25H29ClN6O3S2.Na/c1-15-9-17(26)10-16(2)22(15)32(13-20(32)12-21(33)34)7-4-8-35-14-27-18-5-3-6-19(11-18)28-23-29-24(36)31-25(37)30-23;/h3,5-6,9-11,20,27H,4,7-8,12-14H2,1-2H3,(H3-,28,29,30,31,33,34,36,37);/q;+1. The van der Waals surface area contributed by atoms with Crippen LogP contribution in [0.3, 0.4) is 0 Å². The molecule has 1 aliphatic rings. The fourth-order valence-corrected chi connectivity index (χ4v) is 5.76. The second-order valence-electron chi connectivity index (χ2n) is 9.19. The van der Waals surface area contributed by atoms with E-state index < -0.39 is 5.97 Å². The van der Waals surface area contributed by atoms with Gasteiger partial charge in [0.05, 0.1) is 13.2 Å². The van der Waals surface area contributed by atoms with Gasteiger partial charge in [0, 0.05) is 46.3 Å². The first-order chi connectivity index (χ1) is 17.7. The minimum absolute atomic E-state index is 0. The van der Waals surface area contributed by atoms with Crippen molar-refractivity contribution >= 4 is 65.0 Å². The Morgan fingerprint density at radius 3 is 2.61 bits per heavy atom. The molecule has 1 aromatic heterocycles. The van der Waals surface area contributed by atoms with E-state index in [4.69, 9.17) is 40.8 Å². The van der Waals surface area contributed by atoms with E-state index in [9.17, 15) is 9.90 Å². The van der Waals surface area contributed by atoms with Gasteiger partial charge in [0.15, 0.2) is 4.77 Å². The minimum Gasteiger partial charge on any atom is -0.550 e. The Labute approximate surface area is 258 Å². The van der Waals surface area contributed by atoms with E-state index in [1.165, 1.54) is 0 Å². The topological polar surface area (TPSA) is 118 Å². The van der Waals surface area contributed by atoms with E-state index in [1.807, 2.05) is 50.2 Å². The first-order valence-electron chi connectivity index (χ1n) is 11.9. The Balaban J connectivity index is 0.00000400. The molecule has 2 unspecified atom stereocenters. The summed E-state index contributed by atoms with van der Waals surface area (Å²) in [6, 6.07) is 11.6. The van der Waals surface area contributed by atoms with E-state index in [1.54, 1.807) is 0 Å². The van der Waals surface area contributed by atoms with Crippen molar-refractivity contribution in [3.8, 4) is 0 Å². The molecule has 1 saturated heterocycles. The van der Waals surface area contributed by atoms with E-state index in [2.05, 4.69) is 25.6 Å². The predicted molar refractivity (Wildman–Crippen MR) is 149 cm³/mol. The summed E-state index contributed by atoms with van der Waals surface area (Å²) in [6.07, 6.45) is 0.831. The number of aryl methyl sites for hydroxylation is 2. The number of hydrogen-bond acceptors (Lipinski definition) is 8. The van der Waals surface area contributed by atoms with Gasteiger partial charge < -0.3 is 35.2 Å². The van der Waals surface area contributed by atoms with Gasteiger partial charge in [0.2, 0.25) is 10.7 Å². The van der Waals surface area contributed by atoms with Crippen LogP contribution in [0.25, 0.3) is 0 Å². The predicted octanol–water partition coefficient (Wildman–Crippen LogP) is 1.52. The molecule has 4 N–H and O–H groups in total. The number of ether oxygens (including phenoxy) is 1. The van der Waals surface area contributed by atoms with E-state index >= 15 is 0 Å². The number of halogens is 1. The summed E-state index contributed by atoms with van der Waals surface area (Å²) in [5.41, 5.74) is 5.00. The van der Waals surface area contributed by atoms with Gasteiger partial charge >= 0.3 is 29.6 Å². The van der Waals surface area contributed by atoms with Gasteiger partial charge in [0.1, 0.15) is 25.0 Å². The van der Waals surface area contributed by atoms with Crippen molar-refractivity contribution in [1.29, 1.82) is 0 Å². The Morgan fingerprint density at radius 1 is 1.21 bits per heavy atom. The Kier molecular flexibility index (Phi) is 10.9. The van der Waals surface area contributed by atoms with Gasteiger partial charge in [0.25, 0.3) is 0 Å². The Bertz CT molecular complexity index is 1370. The number of nitrogens with zero attached hydrogens (tertiary/aromatic N) is 2. The Hall–Kier alpha value is -1.83. The molecular weight excluding hydrogens is 555 g/mol. The molecule has 0 spiro atoms. The third kappa shape index (κ3) is 7.86. The number of hydrogen-bond donors (Lipinski definition) is 4. The third-order valence-corrected chi connectivity index (χ3v) is 7.04. The van der Waals surface area contributed by atoms with Crippen LogP contribution in [0.1, 0.15) is 24.0 Å². The molecule has 0 aliphatic carbocycles. The molecule has 0 amide bonds. The number of benzene rings is 2. The molecule has 1 aliphatic heterocycles. The second kappa shape index (κ2) is 13.5. The maximum absolute atomic E-state index is 11.3. The van der Waals surface area contributed by atoms with Crippen molar-refractivity contribution in [2.24, 2.45) is 0 Å². The molecule has 2 atom stereocenters. The van der Waals surface area contributed by atoms with Crippen LogP contribution in [-0.2, 0) is 9.53 Å². The maximum Gasteiger partial charge on any atom is 1.00 e. The number of aliphatic carboxylic acids is 1. The summed E-state index contributed by atoms with van der Waals surface area (Å²) in [5, 5.41) is 18.4. The second-order valence-corrected chi connectivity index (χ2v) is 10.4. The van der Waals surface area contributed by atoms with Gasteiger partial charge in [-0.2, -0.15) is 4.98 Å². The summed E-state index contributed by atoms with van der Waals surface area (Å²) in [7, 11) is 0. The number of H-pyrrole nitrogens is 2. The SMILES string of the molecule is Cc1cc(Cl)cc(C)c1[N+]1(CCCOCNc2cccc(Nc3nc(=S)[nH]c(=S)[nH]3)c2)CC1CC(=O)[O-].[Na+]. The molecule has 3 aromatic rings. The zero-order valence-electron chi connectivity index (χ0n) is 21.6. The normalized spacial score (nSPS) is 17.9. The van der Waals surface area contributed by atoms with Crippen molar-refractivity contribution in [3.05, 3.63) is 62.1 Å². The van der Waals surface area contributed by atoms with Crippen LogP contribution in [0.4, 0.5) is 23.0 Å². The average Bonchev–Trinajstić information content (AvgIpc) is 3.46. The number of carboxylic acids is 1. The molecule has 0 radical (unpaired) electrons. The van der Waals surface area contributed by atoms with E-state index in [0.29, 0.717) is 38.3 Å². The minimum atomic E-state index is -1.01. The van der Waals surface area contributed by atoms with Crippen LogP contribution in [0, 0.1) is 23.4 Å². The molecule has 4 rings (SSSR count). The maximum atomic E-state index is 11.3. The van der Waals surface area contributed by atoms with Gasteiger partial charge in [-0.15, -0.1) is 0 Å². The Morgan fingerprint density at radius 2 is 1.92 bits per heavy atom. The molecule has 38 heavy (non-hydrogen) atoms. The molecule has 2 aromatic carbocycles. The van der Waals surface area contributed by atoms with Crippen molar-refractivity contribution in [1.82, 2.24) is 19.4 Å². The average molecular weight is 584 g/mol. The van der Waals surface area contributed by atoms with E-state index in [0.717, 1.165) is 47.7 Å². The number of nitrogens with one attached hydrogen (secondary N) is 4. The first-order valence-corrected chi connectivity index (χ1v) is 13.1. The summed E-state index contributed by atoms with van der Waals surface area (Å²) in [4.78, 5) is 21.1. The molecular formula is C25H29ClN6NaO3S2+. The van der Waals surface area contributed by atoms with Crippen molar-refractivity contribution in [3.63, 3.8) is 0 Å². The number of rotatable bonds is 12. The number of carboxylic acid groups (broad SMARTS) is 1. The monoisotopic (exact) mass is 583 g/mol. The molecule has 196 valence electrons. The van der Waals surface area contributed by atoms with Gasteiger partial charge in [-0.05, 0) is 68.6 Å². The third-order valence-electron chi connectivity index (χ3n) is 6.42. The zero-order valence-corrected chi connectivity index (χ0v) is 26.0. The molecule has 13 heteroatoms. The van der Waals surface area contributed by atoms with Crippen molar-refractivity contribution in [2.45, 2.75) is 32.7 Å². The molecule has 2 heterocycles.